The lowest BCUT2D eigenvalue weighted by Gasteiger charge is -2.20. The fourth-order valence-corrected chi connectivity index (χ4v) is 4.33. The standard InChI is InChI=1S/C18H17ClN4O5S/c1-22-9-8-20-18(22)17(12-4-3-5-14(10-12)28-2)21-29(26,27)16-7-6-13(19)11-15(16)23(24)25/h3-11,17,21H,1-2H3/t17-/m0/s1. The van der Waals surface area contributed by atoms with Crippen molar-refractivity contribution in [3.63, 3.8) is 0 Å². The second-order valence-electron chi connectivity index (χ2n) is 6.10. The molecule has 0 radical (unpaired) electrons. The van der Waals surface area contributed by atoms with Gasteiger partial charge < -0.3 is 9.30 Å². The summed E-state index contributed by atoms with van der Waals surface area (Å²) in [6.07, 6.45) is 3.20. The second kappa shape index (κ2) is 8.19. The summed E-state index contributed by atoms with van der Waals surface area (Å²) in [7, 11) is -1.09. The van der Waals surface area contributed by atoms with E-state index in [-0.39, 0.29) is 5.02 Å². The lowest BCUT2D eigenvalue weighted by atomic mass is 10.1. The van der Waals surface area contributed by atoms with Gasteiger partial charge in [-0.1, -0.05) is 23.7 Å². The van der Waals surface area contributed by atoms with Crippen LogP contribution in [0, 0.1) is 10.1 Å². The van der Waals surface area contributed by atoms with E-state index in [1.165, 1.54) is 19.4 Å². The molecular weight excluding hydrogens is 420 g/mol. The zero-order valence-electron chi connectivity index (χ0n) is 15.4. The molecule has 11 heteroatoms. The normalized spacial score (nSPS) is 12.5. The van der Waals surface area contributed by atoms with Crippen molar-refractivity contribution in [3.05, 3.63) is 81.4 Å². The van der Waals surface area contributed by atoms with Crippen LogP contribution in [0.25, 0.3) is 0 Å². The highest BCUT2D eigenvalue weighted by molar-refractivity contribution is 7.89. The highest BCUT2D eigenvalue weighted by Gasteiger charge is 2.31. The van der Waals surface area contributed by atoms with Gasteiger partial charge >= 0.3 is 0 Å². The molecule has 0 fully saturated rings. The smallest absolute Gasteiger partial charge is 0.290 e. The topological polar surface area (TPSA) is 116 Å². The van der Waals surface area contributed by atoms with Crippen LogP contribution in [0.1, 0.15) is 17.4 Å². The largest absolute Gasteiger partial charge is 0.497 e. The van der Waals surface area contributed by atoms with Crippen molar-refractivity contribution < 1.29 is 18.1 Å². The Kier molecular flexibility index (Phi) is 5.87. The van der Waals surface area contributed by atoms with Crippen molar-refractivity contribution in [1.82, 2.24) is 14.3 Å². The highest BCUT2D eigenvalue weighted by atomic mass is 35.5. The maximum absolute atomic E-state index is 13.1. The Balaban J connectivity index is 2.11. The van der Waals surface area contributed by atoms with Crippen molar-refractivity contribution in [3.8, 4) is 5.75 Å². The van der Waals surface area contributed by atoms with Crippen molar-refractivity contribution >= 4 is 27.3 Å². The Morgan fingerprint density at radius 3 is 2.66 bits per heavy atom. The number of methoxy groups -OCH3 is 1. The Morgan fingerprint density at radius 1 is 1.28 bits per heavy atom. The van der Waals surface area contributed by atoms with Gasteiger partial charge in [-0.2, -0.15) is 4.72 Å². The number of nitro benzene ring substituents is 1. The molecule has 0 bridgehead atoms. The summed E-state index contributed by atoms with van der Waals surface area (Å²) < 4.78 is 35.6. The summed E-state index contributed by atoms with van der Waals surface area (Å²) >= 11 is 5.80. The number of halogens is 1. The zero-order valence-corrected chi connectivity index (χ0v) is 17.0. The van der Waals surface area contributed by atoms with Gasteiger partial charge in [-0.05, 0) is 29.8 Å². The lowest BCUT2D eigenvalue weighted by molar-refractivity contribution is -0.387. The van der Waals surface area contributed by atoms with Gasteiger partial charge in [0.25, 0.3) is 5.69 Å². The number of aryl methyl sites for hydroxylation is 1. The summed E-state index contributed by atoms with van der Waals surface area (Å²) in [6, 6.07) is 9.27. The van der Waals surface area contributed by atoms with Crippen molar-refractivity contribution in [1.29, 1.82) is 0 Å². The van der Waals surface area contributed by atoms with Crippen molar-refractivity contribution in [2.24, 2.45) is 7.05 Å². The average molecular weight is 437 g/mol. The molecule has 0 saturated carbocycles. The van der Waals surface area contributed by atoms with Gasteiger partial charge in [0.15, 0.2) is 4.90 Å². The lowest BCUT2D eigenvalue weighted by Crippen LogP contribution is -2.31. The fourth-order valence-electron chi connectivity index (χ4n) is 2.83. The minimum atomic E-state index is -4.31. The molecule has 1 N–H and O–H groups in total. The van der Waals surface area contributed by atoms with E-state index in [2.05, 4.69) is 9.71 Å². The Morgan fingerprint density at radius 2 is 2.03 bits per heavy atom. The van der Waals surface area contributed by atoms with E-state index in [1.54, 1.807) is 42.1 Å². The highest BCUT2D eigenvalue weighted by Crippen LogP contribution is 2.30. The van der Waals surface area contributed by atoms with E-state index < -0.39 is 31.6 Å². The summed E-state index contributed by atoms with van der Waals surface area (Å²) in [4.78, 5) is 14.3. The Bertz CT molecular complexity index is 1160. The molecule has 0 saturated heterocycles. The van der Waals surface area contributed by atoms with Gasteiger partial charge in [-0.25, -0.2) is 13.4 Å². The third-order valence-electron chi connectivity index (χ3n) is 4.22. The molecule has 1 aromatic heterocycles. The van der Waals surface area contributed by atoms with Gasteiger partial charge in [0.1, 0.15) is 17.6 Å². The summed E-state index contributed by atoms with van der Waals surface area (Å²) in [5.74, 6) is 0.928. The van der Waals surface area contributed by atoms with Crippen LogP contribution in [0.15, 0.2) is 59.8 Å². The molecule has 0 unspecified atom stereocenters. The number of hydrogen-bond donors (Lipinski definition) is 1. The number of rotatable bonds is 7. The maximum atomic E-state index is 13.1. The molecule has 1 atom stereocenters. The molecular formula is C18H17ClN4O5S. The van der Waals surface area contributed by atoms with Gasteiger partial charge in [0, 0.05) is 30.5 Å². The zero-order chi connectivity index (χ0) is 21.2. The van der Waals surface area contributed by atoms with Crippen molar-refractivity contribution in [2.45, 2.75) is 10.9 Å². The molecule has 3 rings (SSSR count). The number of aromatic nitrogens is 2. The number of nitro groups is 1. The number of ether oxygens (including phenoxy) is 1. The van der Waals surface area contributed by atoms with E-state index in [0.29, 0.717) is 17.1 Å². The van der Waals surface area contributed by atoms with Crippen LogP contribution in [-0.2, 0) is 17.1 Å². The predicted molar refractivity (Wildman–Crippen MR) is 106 cm³/mol. The molecule has 29 heavy (non-hydrogen) atoms. The van der Waals surface area contributed by atoms with Crippen LogP contribution in [-0.4, -0.2) is 30.0 Å². The first-order chi connectivity index (χ1) is 13.7. The van der Waals surface area contributed by atoms with Crippen LogP contribution in [0.2, 0.25) is 5.02 Å². The maximum Gasteiger partial charge on any atom is 0.290 e. The first-order valence-electron chi connectivity index (χ1n) is 8.30. The average Bonchev–Trinajstić information content (AvgIpc) is 3.11. The SMILES string of the molecule is COc1cccc([C@H](NS(=O)(=O)c2ccc(Cl)cc2[N+](=O)[O-])c2nccn2C)c1. The number of imidazole rings is 1. The summed E-state index contributed by atoms with van der Waals surface area (Å²) in [6.45, 7) is 0. The van der Waals surface area contributed by atoms with Crippen LogP contribution < -0.4 is 9.46 Å². The molecule has 1 heterocycles. The number of benzene rings is 2. The van der Waals surface area contributed by atoms with Crippen LogP contribution in [0.5, 0.6) is 5.75 Å². The van der Waals surface area contributed by atoms with Gasteiger partial charge in [-0.3, -0.25) is 10.1 Å². The first-order valence-corrected chi connectivity index (χ1v) is 10.2. The van der Waals surface area contributed by atoms with E-state index >= 15 is 0 Å². The summed E-state index contributed by atoms with van der Waals surface area (Å²) in [5, 5.41) is 11.4. The number of nitrogens with one attached hydrogen (secondary N) is 1. The monoisotopic (exact) mass is 436 g/mol. The molecule has 0 aliphatic heterocycles. The Labute approximate surface area is 172 Å². The molecule has 0 spiro atoms. The fraction of sp³-hybridized carbons (Fsp3) is 0.167. The molecule has 0 amide bonds. The predicted octanol–water partition coefficient (Wildman–Crippen LogP) is 3.06. The van der Waals surface area contributed by atoms with E-state index in [9.17, 15) is 18.5 Å². The van der Waals surface area contributed by atoms with Crippen LogP contribution in [0.3, 0.4) is 0 Å². The molecule has 0 aliphatic carbocycles. The van der Waals surface area contributed by atoms with Crippen LogP contribution in [0.4, 0.5) is 5.69 Å². The van der Waals surface area contributed by atoms with E-state index in [4.69, 9.17) is 16.3 Å². The quantitative estimate of drug-likeness (QED) is 0.449. The third-order valence-corrected chi connectivity index (χ3v) is 5.93. The number of hydrogen-bond acceptors (Lipinski definition) is 6. The van der Waals surface area contributed by atoms with Crippen molar-refractivity contribution in [2.75, 3.05) is 7.11 Å². The van der Waals surface area contributed by atoms with Gasteiger partial charge in [0.2, 0.25) is 10.0 Å². The third kappa shape index (κ3) is 4.39. The molecule has 3 aromatic rings. The minimum Gasteiger partial charge on any atom is -0.497 e. The first kappa shape index (κ1) is 20.8. The van der Waals surface area contributed by atoms with E-state index in [0.717, 1.165) is 12.1 Å². The molecule has 2 aromatic carbocycles. The second-order valence-corrected chi connectivity index (χ2v) is 8.22. The number of nitrogens with zero attached hydrogens (tertiary/aromatic N) is 3. The van der Waals surface area contributed by atoms with Crippen LogP contribution >= 0.6 is 11.6 Å². The minimum absolute atomic E-state index is 0.0593. The van der Waals surface area contributed by atoms with Gasteiger partial charge in [0.05, 0.1) is 12.0 Å². The summed E-state index contributed by atoms with van der Waals surface area (Å²) in [5.41, 5.74) is -0.0620. The van der Waals surface area contributed by atoms with Gasteiger partial charge in [-0.15, -0.1) is 0 Å². The van der Waals surface area contributed by atoms with E-state index in [1.807, 2.05) is 0 Å². The molecule has 152 valence electrons. The Hall–Kier alpha value is -2.95. The molecule has 0 aliphatic rings. The number of sulfonamides is 1. The molecule has 9 nitrogen and oxygen atoms in total.